The van der Waals surface area contributed by atoms with Gasteiger partial charge in [-0.15, -0.1) is 0 Å². The molecule has 2 aromatic carbocycles. The maximum Gasteiger partial charge on any atom is 0.126 e. The topological polar surface area (TPSA) is 55.5 Å². The molecule has 0 saturated carbocycles. The minimum absolute atomic E-state index is 0.121. The van der Waals surface area contributed by atoms with Crippen LogP contribution in [-0.2, 0) is 0 Å². The summed E-state index contributed by atoms with van der Waals surface area (Å²) in [5, 5.41) is 12.2. The molecule has 3 nitrogen and oxygen atoms in total. The summed E-state index contributed by atoms with van der Waals surface area (Å²) in [4.78, 5) is 0. The number of benzene rings is 2. The summed E-state index contributed by atoms with van der Waals surface area (Å²) in [5.74, 6) is 0.946. The second-order valence-corrected chi connectivity index (χ2v) is 5.16. The number of hydrogen-bond acceptors (Lipinski definition) is 3. The zero-order chi connectivity index (χ0) is 14.0. The van der Waals surface area contributed by atoms with Crippen molar-refractivity contribution in [1.82, 2.24) is 0 Å². The SMILES string of the molecule is COc1ccc([C@H](N)[C@H](O)C(C)C)c2ccccc12. The van der Waals surface area contributed by atoms with Crippen LogP contribution >= 0.6 is 0 Å². The zero-order valence-electron chi connectivity index (χ0n) is 11.6. The van der Waals surface area contributed by atoms with Crippen LogP contribution in [0.4, 0.5) is 0 Å². The molecule has 0 amide bonds. The van der Waals surface area contributed by atoms with Gasteiger partial charge in [-0.25, -0.2) is 0 Å². The Hall–Kier alpha value is -1.58. The zero-order valence-corrected chi connectivity index (χ0v) is 11.6. The van der Waals surface area contributed by atoms with E-state index < -0.39 is 12.1 Å². The summed E-state index contributed by atoms with van der Waals surface area (Å²) >= 11 is 0. The van der Waals surface area contributed by atoms with Gasteiger partial charge in [0.25, 0.3) is 0 Å². The molecule has 0 bridgehead atoms. The van der Waals surface area contributed by atoms with Gasteiger partial charge in [-0.1, -0.05) is 44.2 Å². The Bertz CT molecular complexity index is 566. The van der Waals surface area contributed by atoms with Crippen molar-refractivity contribution in [3.8, 4) is 5.75 Å². The van der Waals surface area contributed by atoms with E-state index in [1.165, 1.54) is 0 Å². The highest BCUT2D eigenvalue weighted by atomic mass is 16.5. The molecule has 3 N–H and O–H groups in total. The molecule has 2 atom stereocenters. The van der Waals surface area contributed by atoms with Crippen LogP contribution in [-0.4, -0.2) is 18.3 Å². The van der Waals surface area contributed by atoms with Gasteiger partial charge in [0.1, 0.15) is 5.75 Å². The van der Waals surface area contributed by atoms with Gasteiger partial charge in [-0.2, -0.15) is 0 Å². The Balaban J connectivity index is 2.56. The Labute approximate surface area is 114 Å². The number of rotatable bonds is 4. The molecule has 0 aliphatic rings. The van der Waals surface area contributed by atoms with Gasteiger partial charge in [-0.3, -0.25) is 0 Å². The average molecular weight is 259 g/mol. The van der Waals surface area contributed by atoms with E-state index in [1.807, 2.05) is 50.2 Å². The van der Waals surface area contributed by atoms with Crippen LogP contribution in [0.5, 0.6) is 5.75 Å². The lowest BCUT2D eigenvalue weighted by molar-refractivity contribution is 0.0984. The Morgan fingerprint density at radius 2 is 1.68 bits per heavy atom. The molecular weight excluding hydrogens is 238 g/mol. The Morgan fingerprint density at radius 3 is 2.26 bits per heavy atom. The smallest absolute Gasteiger partial charge is 0.126 e. The van der Waals surface area contributed by atoms with Crippen LogP contribution in [0.1, 0.15) is 25.5 Å². The number of methoxy groups -OCH3 is 1. The highest BCUT2D eigenvalue weighted by Gasteiger charge is 2.22. The van der Waals surface area contributed by atoms with Gasteiger partial charge in [0.15, 0.2) is 0 Å². The summed E-state index contributed by atoms with van der Waals surface area (Å²) < 4.78 is 5.37. The number of aliphatic hydroxyl groups excluding tert-OH is 1. The first-order valence-corrected chi connectivity index (χ1v) is 6.55. The van der Waals surface area contributed by atoms with Crippen LogP contribution in [0.2, 0.25) is 0 Å². The predicted molar refractivity (Wildman–Crippen MR) is 78.3 cm³/mol. The van der Waals surface area contributed by atoms with Crippen molar-refractivity contribution in [3.63, 3.8) is 0 Å². The fourth-order valence-corrected chi connectivity index (χ4v) is 2.36. The molecule has 0 spiro atoms. The van der Waals surface area contributed by atoms with Gasteiger partial charge in [-0.05, 0) is 22.9 Å². The summed E-state index contributed by atoms with van der Waals surface area (Å²) in [6, 6.07) is 11.4. The van der Waals surface area contributed by atoms with Gasteiger partial charge in [0.2, 0.25) is 0 Å². The lowest BCUT2D eigenvalue weighted by Gasteiger charge is -2.24. The Kier molecular flexibility index (Phi) is 4.08. The maximum absolute atomic E-state index is 10.2. The highest BCUT2D eigenvalue weighted by Crippen LogP contribution is 2.32. The molecule has 3 heteroatoms. The van der Waals surface area contributed by atoms with E-state index in [0.717, 1.165) is 22.1 Å². The molecule has 0 unspecified atom stereocenters. The first-order valence-electron chi connectivity index (χ1n) is 6.55. The van der Waals surface area contributed by atoms with Crippen molar-refractivity contribution in [1.29, 1.82) is 0 Å². The number of ether oxygens (including phenoxy) is 1. The molecule has 0 aliphatic carbocycles. The largest absolute Gasteiger partial charge is 0.496 e. The van der Waals surface area contributed by atoms with Crippen molar-refractivity contribution < 1.29 is 9.84 Å². The molecule has 19 heavy (non-hydrogen) atoms. The third kappa shape index (κ3) is 2.57. The third-order valence-electron chi connectivity index (χ3n) is 3.55. The summed E-state index contributed by atoms with van der Waals surface area (Å²) in [5.41, 5.74) is 7.16. The van der Waals surface area contributed by atoms with Gasteiger partial charge < -0.3 is 15.6 Å². The van der Waals surface area contributed by atoms with Gasteiger partial charge in [0, 0.05) is 5.39 Å². The first-order chi connectivity index (χ1) is 9.06. The summed E-state index contributed by atoms with van der Waals surface area (Å²) in [6.45, 7) is 3.94. The molecule has 102 valence electrons. The highest BCUT2D eigenvalue weighted by molar-refractivity contribution is 5.91. The maximum atomic E-state index is 10.2. The van der Waals surface area contributed by atoms with E-state index >= 15 is 0 Å². The Morgan fingerprint density at radius 1 is 1.05 bits per heavy atom. The predicted octanol–water partition coefficient (Wildman–Crippen LogP) is 2.87. The number of hydrogen-bond donors (Lipinski definition) is 2. The monoisotopic (exact) mass is 259 g/mol. The minimum atomic E-state index is -0.559. The van der Waals surface area contributed by atoms with Crippen molar-refractivity contribution in [2.45, 2.75) is 26.0 Å². The van der Waals surface area contributed by atoms with Crippen molar-refractivity contribution in [3.05, 3.63) is 42.0 Å². The number of aliphatic hydroxyl groups is 1. The fourth-order valence-electron chi connectivity index (χ4n) is 2.36. The van der Waals surface area contributed by atoms with Crippen LogP contribution in [0.25, 0.3) is 10.8 Å². The van der Waals surface area contributed by atoms with E-state index in [2.05, 4.69) is 0 Å². The van der Waals surface area contributed by atoms with Crippen LogP contribution in [0, 0.1) is 5.92 Å². The second kappa shape index (κ2) is 5.59. The molecule has 0 fully saturated rings. The van der Waals surface area contributed by atoms with Crippen LogP contribution < -0.4 is 10.5 Å². The lowest BCUT2D eigenvalue weighted by Crippen LogP contribution is -2.30. The van der Waals surface area contributed by atoms with Crippen molar-refractivity contribution in [2.75, 3.05) is 7.11 Å². The van der Waals surface area contributed by atoms with Crippen LogP contribution in [0.15, 0.2) is 36.4 Å². The molecule has 0 saturated heterocycles. The minimum Gasteiger partial charge on any atom is -0.496 e. The molecular formula is C16H21NO2. The van der Waals surface area contributed by atoms with Gasteiger partial charge >= 0.3 is 0 Å². The normalized spacial score (nSPS) is 14.6. The van der Waals surface area contributed by atoms with E-state index in [1.54, 1.807) is 7.11 Å². The fraction of sp³-hybridized carbons (Fsp3) is 0.375. The first kappa shape index (κ1) is 13.8. The molecule has 0 radical (unpaired) electrons. The van der Waals surface area contributed by atoms with Crippen molar-refractivity contribution in [2.24, 2.45) is 11.7 Å². The number of nitrogens with two attached hydrogens (primary N) is 1. The van der Waals surface area contributed by atoms with E-state index in [-0.39, 0.29) is 5.92 Å². The number of fused-ring (bicyclic) bond motifs is 1. The van der Waals surface area contributed by atoms with Crippen LogP contribution in [0.3, 0.4) is 0 Å². The van der Waals surface area contributed by atoms with E-state index in [4.69, 9.17) is 10.5 Å². The van der Waals surface area contributed by atoms with E-state index in [9.17, 15) is 5.11 Å². The summed E-state index contributed by atoms with van der Waals surface area (Å²) in [6.07, 6.45) is -0.559. The molecule has 0 heterocycles. The average Bonchev–Trinajstić information content (AvgIpc) is 2.44. The summed E-state index contributed by atoms with van der Waals surface area (Å²) in [7, 11) is 1.66. The van der Waals surface area contributed by atoms with Crippen molar-refractivity contribution >= 4 is 10.8 Å². The standard InChI is InChI=1S/C16H21NO2/c1-10(2)16(18)15(17)13-8-9-14(19-3)12-7-5-4-6-11(12)13/h4-10,15-16,18H,17H2,1-3H3/t15-,16+/m0/s1. The molecule has 2 rings (SSSR count). The van der Waals surface area contributed by atoms with E-state index in [0.29, 0.717) is 0 Å². The van der Waals surface area contributed by atoms with Gasteiger partial charge in [0.05, 0.1) is 19.3 Å². The quantitative estimate of drug-likeness (QED) is 0.887. The third-order valence-corrected chi connectivity index (χ3v) is 3.55. The molecule has 0 aliphatic heterocycles. The molecule has 0 aromatic heterocycles. The molecule has 2 aromatic rings. The lowest BCUT2D eigenvalue weighted by atomic mass is 9.91. The second-order valence-electron chi connectivity index (χ2n) is 5.16.